The Balaban J connectivity index is 1.25. The molecule has 5 heterocycles. The second kappa shape index (κ2) is 11.0. The van der Waals surface area contributed by atoms with Crippen molar-refractivity contribution in [3.8, 4) is 57.2 Å². The topological polar surface area (TPSA) is 89.5 Å². The van der Waals surface area contributed by atoms with E-state index in [9.17, 15) is 5.26 Å². The van der Waals surface area contributed by atoms with Gasteiger partial charge in [0.1, 0.15) is 5.75 Å². The summed E-state index contributed by atoms with van der Waals surface area (Å²) in [6.45, 7) is 0. The molecule has 7 nitrogen and oxygen atoms in total. The molecule has 7 heteroatoms. The molecular weight excluding hydrogens is 653 g/mol. The van der Waals surface area contributed by atoms with Crippen LogP contribution in [0.3, 0.4) is 0 Å². The summed E-state index contributed by atoms with van der Waals surface area (Å²) in [6, 6.07) is 48.2. The molecule has 1 aliphatic carbocycles. The van der Waals surface area contributed by atoms with Crippen molar-refractivity contribution in [2.45, 2.75) is 5.41 Å². The number of ether oxygens (including phenoxy) is 1. The van der Waals surface area contributed by atoms with Gasteiger partial charge in [0.05, 0.1) is 45.2 Å². The Morgan fingerprint density at radius 2 is 1.13 bits per heavy atom. The van der Waals surface area contributed by atoms with Gasteiger partial charge < -0.3 is 9.30 Å². The smallest absolute Gasteiger partial charge is 0.160 e. The lowest BCUT2D eigenvalue weighted by Crippen LogP contribution is -2.33. The third-order valence-corrected chi connectivity index (χ3v) is 10.7. The average molecular weight is 679 g/mol. The first-order valence-corrected chi connectivity index (χ1v) is 17.4. The normalized spacial score (nSPS) is 13.2. The van der Waals surface area contributed by atoms with Crippen LogP contribution in [0.2, 0.25) is 0 Å². The molecule has 1 aliphatic heterocycles. The molecule has 0 atom stereocenters. The fraction of sp³-hybridized carbons (Fsp3) is 0.0217. The highest BCUT2D eigenvalue weighted by atomic mass is 16.5. The van der Waals surface area contributed by atoms with E-state index in [1.807, 2.05) is 42.7 Å². The van der Waals surface area contributed by atoms with Crippen LogP contribution in [0, 0.1) is 11.3 Å². The van der Waals surface area contributed by atoms with Crippen molar-refractivity contribution in [2.24, 2.45) is 0 Å². The Bertz CT molecular complexity index is 2920. The van der Waals surface area contributed by atoms with Crippen LogP contribution in [0.1, 0.15) is 27.8 Å². The predicted molar refractivity (Wildman–Crippen MR) is 205 cm³/mol. The predicted octanol–water partition coefficient (Wildman–Crippen LogP) is 10.0. The molecule has 0 radical (unpaired) electrons. The summed E-state index contributed by atoms with van der Waals surface area (Å²) in [7, 11) is 0. The third-order valence-electron chi connectivity index (χ3n) is 10.7. The molecule has 1 spiro atoms. The van der Waals surface area contributed by atoms with E-state index in [2.05, 4.69) is 118 Å². The van der Waals surface area contributed by atoms with Gasteiger partial charge in [-0.05, 0) is 65.2 Å². The fourth-order valence-electron chi connectivity index (χ4n) is 8.66. The monoisotopic (exact) mass is 678 g/mol. The van der Waals surface area contributed by atoms with Gasteiger partial charge in [-0.1, -0.05) is 84.9 Å². The van der Waals surface area contributed by atoms with Gasteiger partial charge in [0, 0.05) is 57.8 Å². The maximum Gasteiger partial charge on any atom is 0.160 e. The second-order valence-electron chi connectivity index (χ2n) is 13.3. The van der Waals surface area contributed by atoms with Crippen molar-refractivity contribution in [3.63, 3.8) is 0 Å². The molecule has 0 bridgehead atoms. The number of para-hydroxylation sites is 4. The van der Waals surface area contributed by atoms with Crippen LogP contribution in [-0.2, 0) is 5.41 Å². The SMILES string of the molecule is N#Cc1cc(-c2cccc3c2Oc2c(-n4c5ccccc5c5ccccc54)cccc2C32c3cccnc3-c3ncccc32)ccc1-c1ncccn1. The van der Waals surface area contributed by atoms with E-state index in [1.165, 1.54) is 10.8 Å². The van der Waals surface area contributed by atoms with Crippen LogP contribution >= 0.6 is 0 Å². The number of hydrogen-bond donors (Lipinski definition) is 0. The van der Waals surface area contributed by atoms with Gasteiger partial charge in [0.2, 0.25) is 0 Å². The van der Waals surface area contributed by atoms with Gasteiger partial charge in [0.25, 0.3) is 0 Å². The highest BCUT2D eigenvalue weighted by molar-refractivity contribution is 6.09. The van der Waals surface area contributed by atoms with Crippen molar-refractivity contribution in [1.82, 2.24) is 24.5 Å². The van der Waals surface area contributed by atoms with Crippen molar-refractivity contribution in [3.05, 3.63) is 186 Å². The molecule has 0 saturated carbocycles. The van der Waals surface area contributed by atoms with Crippen molar-refractivity contribution in [1.29, 1.82) is 5.26 Å². The molecular formula is C46H26N6O. The largest absolute Gasteiger partial charge is 0.454 e. The van der Waals surface area contributed by atoms with Crippen LogP contribution in [-0.4, -0.2) is 24.5 Å². The minimum atomic E-state index is -0.795. The summed E-state index contributed by atoms with van der Waals surface area (Å²) in [4.78, 5) is 18.7. The zero-order chi connectivity index (χ0) is 35.1. The van der Waals surface area contributed by atoms with E-state index in [-0.39, 0.29) is 0 Å². The first-order valence-electron chi connectivity index (χ1n) is 17.4. The van der Waals surface area contributed by atoms with E-state index >= 15 is 0 Å². The lowest BCUT2D eigenvalue weighted by molar-refractivity contribution is 0.436. The number of hydrogen-bond acceptors (Lipinski definition) is 6. The molecule has 0 fully saturated rings. The Morgan fingerprint density at radius 1 is 0.528 bits per heavy atom. The molecule has 9 aromatic rings. The van der Waals surface area contributed by atoms with Gasteiger partial charge in [-0.15, -0.1) is 0 Å². The minimum Gasteiger partial charge on any atom is -0.454 e. The number of benzene rings is 5. The van der Waals surface area contributed by atoms with Crippen molar-refractivity contribution >= 4 is 21.8 Å². The highest BCUT2D eigenvalue weighted by Crippen LogP contribution is 2.63. The first kappa shape index (κ1) is 29.3. The Labute approximate surface area is 304 Å². The summed E-state index contributed by atoms with van der Waals surface area (Å²) in [5.41, 5.74) is 11.0. The summed E-state index contributed by atoms with van der Waals surface area (Å²) < 4.78 is 9.67. The highest BCUT2D eigenvalue weighted by Gasteiger charge is 2.53. The van der Waals surface area contributed by atoms with Crippen LogP contribution in [0.4, 0.5) is 0 Å². The lowest BCUT2D eigenvalue weighted by atomic mass is 9.66. The van der Waals surface area contributed by atoms with Crippen molar-refractivity contribution in [2.75, 3.05) is 0 Å². The molecule has 5 aromatic carbocycles. The average Bonchev–Trinajstić information content (AvgIpc) is 3.72. The molecule has 0 saturated heterocycles. The maximum atomic E-state index is 10.4. The molecule has 11 rings (SSSR count). The van der Waals surface area contributed by atoms with E-state index in [1.54, 1.807) is 18.5 Å². The Morgan fingerprint density at radius 3 is 1.81 bits per heavy atom. The van der Waals surface area contributed by atoms with Crippen LogP contribution in [0.25, 0.3) is 61.4 Å². The number of fused-ring (bicyclic) bond motifs is 12. The fourth-order valence-corrected chi connectivity index (χ4v) is 8.66. The van der Waals surface area contributed by atoms with E-state index in [0.29, 0.717) is 22.7 Å². The third kappa shape index (κ3) is 3.92. The summed E-state index contributed by atoms with van der Waals surface area (Å²) in [5, 5.41) is 12.7. The van der Waals surface area contributed by atoms with E-state index in [4.69, 9.17) is 14.7 Å². The molecule has 2 aliphatic rings. The number of pyridine rings is 2. The quantitative estimate of drug-likeness (QED) is 0.185. The molecule has 53 heavy (non-hydrogen) atoms. The summed E-state index contributed by atoms with van der Waals surface area (Å²) >= 11 is 0. The molecule has 0 N–H and O–H groups in total. The van der Waals surface area contributed by atoms with Crippen molar-refractivity contribution < 1.29 is 4.74 Å². The molecule has 0 amide bonds. The number of aromatic nitrogens is 5. The summed E-state index contributed by atoms with van der Waals surface area (Å²) in [5.74, 6) is 1.97. The van der Waals surface area contributed by atoms with Gasteiger partial charge in [-0.25, -0.2) is 9.97 Å². The van der Waals surface area contributed by atoms with Gasteiger partial charge >= 0.3 is 0 Å². The summed E-state index contributed by atoms with van der Waals surface area (Å²) in [6.07, 6.45) is 7.05. The lowest BCUT2D eigenvalue weighted by Gasteiger charge is -2.40. The second-order valence-corrected chi connectivity index (χ2v) is 13.3. The Kier molecular flexibility index (Phi) is 6.10. The molecule has 0 unspecified atom stereocenters. The van der Waals surface area contributed by atoms with Crippen LogP contribution < -0.4 is 4.74 Å². The first-order chi connectivity index (χ1) is 26.3. The van der Waals surface area contributed by atoms with Gasteiger partial charge in [-0.2, -0.15) is 5.26 Å². The zero-order valence-corrected chi connectivity index (χ0v) is 28.1. The van der Waals surface area contributed by atoms with Crippen LogP contribution in [0.5, 0.6) is 11.5 Å². The van der Waals surface area contributed by atoms with Crippen LogP contribution in [0.15, 0.2) is 158 Å². The van der Waals surface area contributed by atoms with Gasteiger partial charge in [-0.3, -0.25) is 9.97 Å². The standard InChI is InChI=1S/C46H26N6O/c47-27-29-26-28(20-21-31(29)45-50-24-9-25-51-45)30-12-5-13-36-43(30)53-44-37(46(36)34-15-7-22-48-41(34)42-35(46)16-8-23-49-42)14-6-19-40(44)52-38-17-3-1-10-32(38)33-11-2-4-18-39(33)52/h1-26H. The maximum absolute atomic E-state index is 10.4. The zero-order valence-electron chi connectivity index (χ0n) is 28.1. The van der Waals surface area contributed by atoms with Gasteiger partial charge in [0.15, 0.2) is 11.6 Å². The number of nitriles is 1. The number of nitrogens with zero attached hydrogens (tertiary/aromatic N) is 6. The van der Waals surface area contributed by atoms with E-state index < -0.39 is 5.41 Å². The Hall–Kier alpha value is -7.43. The molecule has 4 aromatic heterocycles. The minimum absolute atomic E-state index is 0.480. The van der Waals surface area contributed by atoms with E-state index in [0.717, 1.165) is 67.2 Å². The number of rotatable bonds is 3. The molecule has 246 valence electrons.